The molecule has 0 N–H and O–H groups in total. The van der Waals surface area contributed by atoms with E-state index in [4.69, 9.17) is 4.12 Å². The first kappa shape index (κ1) is 9.77. The summed E-state index contributed by atoms with van der Waals surface area (Å²) in [6.45, 7) is 6.31. The standard InChI is InChI=1S/C5H11NO2Si2/c1-10(2,3)8-9-5-6-4-7/h5H2,1-3H3. The first-order valence-corrected chi connectivity index (χ1v) is 7.53. The maximum atomic E-state index is 9.60. The van der Waals surface area contributed by atoms with Crippen molar-refractivity contribution in [3.05, 3.63) is 0 Å². The van der Waals surface area contributed by atoms with Crippen molar-refractivity contribution in [1.29, 1.82) is 0 Å². The van der Waals surface area contributed by atoms with E-state index in [1.807, 2.05) is 0 Å². The lowest BCUT2D eigenvalue weighted by Gasteiger charge is -2.14. The Labute approximate surface area is 64.6 Å². The van der Waals surface area contributed by atoms with Gasteiger partial charge in [0, 0.05) is 0 Å². The molecule has 0 fully saturated rings. The van der Waals surface area contributed by atoms with Gasteiger partial charge in [-0.05, 0) is 19.6 Å². The van der Waals surface area contributed by atoms with Gasteiger partial charge in [0.2, 0.25) is 15.8 Å². The molecule has 0 rings (SSSR count). The average Bonchev–Trinajstić information content (AvgIpc) is 1.78. The summed E-state index contributed by atoms with van der Waals surface area (Å²) in [5, 5.41) is 0. The predicted octanol–water partition coefficient (Wildman–Crippen LogP) is 0.750. The Morgan fingerprint density at radius 2 is 2.20 bits per heavy atom. The van der Waals surface area contributed by atoms with Crippen LogP contribution in [0.15, 0.2) is 4.99 Å². The zero-order valence-electron chi connectivity index (χ0n) is 6.47. The van der Waals surface area contributed by atoms with Crippen molar-refractivity contribution < 1.29 is 8.91 Å². The van der Waals surface area contributed by atoms with Crippen molar-refractivity contribution >= 4 is 24.2 Å². The van der Waals surface area contributed by atoms with Crippen molar-refractivity contribution in [3.8, 4) is 0 Å². The molecule has 0 aromatic heterocycles. The van der Waals surface area contributed by atoms with Crippen molar-refractivity contribution in [1.82, 2.24) is 0 Å². The molecule has 0 aliphatic heterocycles. The first-order chi connectivity index (χ1) is 4.56. The summed E-state index contributed by atoms with van der Waals surface area (Å²) in [6.07, 6.45) is 1.94. The lowest BCUT2D eigenvalue weighted by Crippen LogP contribution is -2.28. The van der Waals surface area contributed by atoms with Crippen LogP contribution in [0.5, 0.6) is 0 Å². The van der Waals surface area contributed by atoms with E-state index < -0.39 is 8.32 Å². The molecule has 0 bridgehead atoms. The highest BCUT2D eigenvalue weighted by Crippen LogP contribution is 1.99. The fourth-order valence-corrected chi connectivity index (χ4v) is 2.43. The van der Waals surface area contributed by atoms with Crippen LogP contribution in [0.25, 0.3) is 0 Å². The van der Waals surface area contributed by atoms with E-state index in [2.05, 4.69) is 24.6 Å². The van der Waals surface area contributed by atoms with E-state index in [0.717, 1.165) is 0 Å². The lowest BCUT2D eigenvalue weighted by molar-refractivity contribution is 0.562. The zero-order chi connectivity index (χ0) is 8.04. The minimum atomic E-state index is -1.38. The van der Waals surface area contributed by atoms with Crippen LogP contribution in [0.1, 0.15) is 0 Å². The Morgan fingerprint density at radius 3 is 2.60 bits per heavy atom. The number of hydrogen-bond acceptors (Lipinski definition) is 3. The third kappa shape index (κ3) is 7.77. The van der Waals surface area contributed by atoms with Crippen LogP contribution < -0.4 is 0 Å². The van der Waals surface area contributed by atoms with Crippen LogP contribution in [0.3, 0.4) is 0 Å². The number of nitrogens with zero attached hydrogens (tertiary/aromatic N) is 1. The van der Waals surface area contributed by atoms with E-state index in [9.17, 15) is 4.79 Å². The molecule has 10 heavy (non-hydrogen) atoms. The van der Waals surface area contributed by atoms with Crippen LogP contribution in [-0.2, 0) is 8.91 Å². The van der Waals surface area contributed by atoms with Gasteiger partial charge >= 0.3 is 0 Å². The number of isocyanates is 1. The highest BCUT2D eigenvalue weighted by Gasteiger charge is 2.12. The van der Waals surface area contributed by atoms with Crippen LogP contribution in [0.4, 0.5) is 0 Å². The maximum Gasteiger partial charge on any atom is 0.240 e. The maximum absolute atomic E-state index is 9.60. The average molecular weight is 173 g/mol. The fourth-order valence-electron chi connectivity index (χ4n) is 0.313. The van der Waals surface area contributed by atoms with Gasteiger partial charge in [0.1, 0.15) is 0 Å². The summed E-state index contributed by atoms with van der Waals surface area (Å²) in [5.41, 5.74) is 0. The fraction of sp³-hybridized carbons (Fsp3) is 0.800. The summed E-state index contributed by atoms with van der Waals surface area (Å²) in [5.74, 6) is 0. The number of rotatable bonds is 4. The minimum Gasteiger partial charge on any atom is -0.455 e. The molecular weight excluding hydrogens is 162 g/mol. The summed E-state index contributed by atoms with van der Waals surface area (Å²) in [7, 11) is -1.06. The summed E-state index contributed by atoms with van der Waals surface area (Å²) in [6, 6.07) is 0. The molecule has 0 saturated heterocycles. The van der Waals surface area contributed by atoms with Crippen molar-refractivity contribution in [2.24, 2.45) is 4.99 Å². The molecule has 0 aliphatic carbocycles. The van der Waals surface area contributed by atoms with E-state index >= 15 is 0 Å². The van der Waals surface area contributed by atoms with Crippen molar-refractivity contribution in [3.63, 3.8) is 0 Å². The number of carbonyl (C=O) groups excluding carboxylic acids is 1. The molecule has 0 saturated carbocycles. The molecule has 0 aromatic carbocycles. The Morgan fingerprint density at radius 1 is 1.60 bits per heavy atom. The summed E-state index contributed by atoms with van der Waals surface area (Å²) in [4.78, 5) is 13.0. The van der Waals surface area contributed by atoms with Gasteiger partial charge in [-0.2, -0.15) is 0 Å². The van der Waals surface area contributed by atoms with Gasteiger partial charge < -0.3 is 4.12 Å². The third-order valence-corrected chi connectivity index (χ3v) is 3.90. The lowest BCUT2D eigenvalue weighted by atomic mass is 11.4. The van der Waals surface area contributed by atoms with Crippen molar-refractivity contribution in [2.75, 3.05) is 6.17 Å². The predicted molar refractivity (Wildman–Crippen MR) is 43.2 cm³/mol. The molecule has 0 aliphatic rings. The normalized spacial score (nSPS) is 10.7. The Hall–Kier alpha value is -0.226. The zero-order valence-corrected chi connectivity index (χ0v) is 8.47. The number of hydrogen-bond donors (Lipinski definition) is 0. The van der Waals surface area contributed by atoms with Gasteiger partial charge in [-0.15, -0.1) is 0 Å². The molecule has 56 valence electrons. The van der Waals surface area contributed by atoms with Gasteiger partial charge in [-0.1, -0.05) is 0 Å². The molecule has 5 heteroatoms. The monoisotopic (exact) mass is 173 g/mol. The Bertz CT molecular complexity index is 137. The molecule has 0 amide bonds. The second-order valence-corrected chi connectivity index (χ2v) is 8.41. The molecule has 0 unspecified atom stereocenters. The van der Waals surface area contributed by atoms with Gasteiger partial charge in [0.15, 0.2) is 8.32 Å². The third-order valence-electron chi connectivity index (χ3n) is 0.587. The van der Waals surface area contributed by atoms with E-state index in [-0.39, 0.29) is 0 Å². The summed E-state index contributed by atoms with van der Waals surface area (Å²) >= 11 is 0. The minimum absolute atomic E-state index is 0.323. The highest BCUT2D eigenvalue weighted by atomic mass is 28.4. The molecule has 0 heterocycles. The van der Waals surface area contributed by atoms with Gasteiger partial charge in [-0.3, -0.25) is 0 Å². The van der Waals surface area contributed by atoms with Gasteiger partial charge in [-0.25, -0.2) is 9.79 Å². The Balaban J connectivity index is 3.28. The summed E-state index contributed by atoms with van der Waals surface area (Å²) < 4.78 is 5.43. The van der Waals surface area contributed by atoms with Crippen molar-refractivity contribution in [2.45, 2.75) is 19.6 Å². The molecular formula is C5H11NO2Si2. The SMILES string of the molecule is C[Si](C)(C)O[Si]CN=C=O. The smallest absolute Gasteiger partial charge is 0.240 e. The van der Waals surface area contributed by atoms with E-state index in [1.54, 1.807) is 0 Å². The van der Waals surface area contributed by atoms with E-state index in [1.165, 1.54) is 6.08 Å². The second-order valence-electron chi connectivity index (χ2n) is 2.77. The van der Waals surface area contributed by atoms with Crippen LogP contribution >= 0.6 is 0 Å². The highest BCUT2D eigenvalue weighted by molar-refractivity contribution is 6.73. The first-order valence-electron chi connectivity index (χ1n) is 3.01. The molecule has 0 atom stereocenters. The van der Waals surface area contributed by atoms with Crippen LogP contribution in [0, 0.1) is 0 Å². The largest absolute Gasteiger partial charge is 0.455 e. The van der Waals surface area contributed by atoms with E-state index in [0.29, 0.717) is 15.9 Å². The topological polar surface area (TPSA) is 38.7 Å². The molecule has 0 aromatic rings. The number of aliphatic imine (C=N–C) groups is 1. The van der Waals surface area contributed by atoms with Gasteiger partial charge in [0.25, 0.3) is 0 Å². The Kier molecular flexibility index (Phi) is 4.46. The molecule has 2 radical (unpaired) electrons. The molecule has 3 nitrogen and oxygen atoms in total. The van der Waals surface area contributed by atoms with Crippen LogP contribution in [-0.4, -0.2) is 30.3 Å². The second kappa shape index (κ2) is 4.57. The van der Waals surface area contributed by atoms with Crippen LogP contribution in [0.2, 0.25) is 19.6 Å². The van der Waals surface area contributed by atoms with Gasteiger partial charge in [0.05, 0.1) is 6.17 Å². The molecule has 0 spiro atoms. The quantitative estimate of drug-likeness (QED) is 0.272.